The molecule has 0 aliphatic rings. The highest BCUT2D eigenvalue weighted by atomic mass is 35.5. The second-order valence-electron chi connectivity index (χ2n) is 5.54. The molecule has 3 rings (SSSR count). The van der Waals surface area contributed by atoms with E-state index in [0.717, 1.165) is 12.1 Å². The maximum absolute atomic E-state index is 13.4. The van der Waals surface area contributed by atoms with E-state index in [4.69, 9.17) is 11.6 Å². The Labute approximate surface area is 151 Å². The van der Waals surface area contributed by atoms with E-state index in [2.05, 4.69) is 20.4 Å². The van der Waals surface area contributed by atoms with Crippen LogP contribution in [0.25, 0.3) is 11.4 Å². The molecule has 0 radical (unpaired) electrons. The number of aliphatic hydroxyl groups is 1. The zero-order valence-electron chi connectivity index (χ0n) is 13.4. The summed E-state index contributed by atoms with van der Waals surface area (Å²) in [5.74, 6) is -3.86. The van der Waals surface area contributed by atoms with Crippen LogP contribution in [0.15, 0.2) is 30.5 Å². The van der Waals surface area contributed by atoms with Crippen molar-refractivity contribution in [3.63, 3.8) is 0 Å². The van der Waals surface area contributed by atoms with E-state index in [1.54, 1.807) is 19.1 Å². The van der Waals surface area contributed by atoms with Crippen molar-refractivity contribution in [1.82, 2.24) is 19.7 Å². The van der Waals surface area contributed by atoms with Gasteiger partial charge in [0.2, 0.25) is 5.95 Å². The predicted molar refractivity (Wildman–Crippen MR) is 89.5 cm³/mol. The van der Waals surface area contributed by atoms with Crippen LogP contribution in [0.2, 0.25) is 5.15 Å². The molecule has 0 saturated carbocycles. The number of nitrogens with zero attached hydrogens (tertiary/aromatic N) is 4. The fourth-order valence-corrected chi connectivity index (χ4v) is 2.46. The molecule has 0 fully saturated rings. The molecule has 0 aliphatic carbocycles. The molecule has 2 N–H and O–H groups in total. The zero-order chi connectivity index (χ0) is 18.8. The van der Waals surface area contributed by atoms with Gasteiger partial charge in [0.25, 0.3) is 0 Å². The van der Waals surface area contributed by atoms with Gasteiger partial charge < -0.3 is 10.4 Å². The maximum Gasteiger partial charge on any atom is 0.247 e. The van der Waals surface area contributed by atoms with Crippen molar-refractivity contribution in [2.75, 3.05) is 5.32 Å². The number of nitrogens with one attached hydrogen (secondary N) is 1. The molecule has 136 valence electrons. The highest BCUT2D eigenvalue weighted by Crippen LogP contribution is 2.24. The van der Waals surface area contributed by atoms with Crippen LogP contribution in [-0.2, 0) is 6.54 Å². The molecule has 2 heterocycles. The fourth-order valence-electron chi connectivity index (χ4n) is 2.28. The number of aliphatic hydroxyl groups excluding tert-OH is 1. The van der Waals surface area contributed by atoms with Crippen molar-refractivity contribution in [2.24, 2.45) is 0 Å². The molecule has 0 saturated heterocycles. The van der Waals surface area contributed by atoms with Gasteiger partial charge in [-0.2, -0.15) is 4.98 Å². The average molecular weight is 384 g/mol. The first-order valence-corrected chi connectivity index (χ1v) is 7.87. The summed E-state index contributed by atoms with van der Waals surface area (Å²) in [4.78, 5) is 8.14. The lowest BCUT2D eigenvalue weighted by Gasteiger charge is -2.07. The minimum Gasteiger partial charge on any atom is -0.391 e. The normalized spacial score (nSPS) is 12.2. The Morgan fingerprint density at radius 2 is 1.92 bits per heavy atom. The standard InChI is InChI=1S/C16H13ClF3N5O/c1-8(26)7-25-15(9-2-3-21-13(17)4-9)23-16(24-25)22-10-5-11(18)14(20)12(19)6-10/h2-6,8,26H,7H2,1H3,(H,22,24)/t8-/m0/s1. The molecule has 0 amide bonds. The van der Waals surface area contributed by atoms with Gasteiger partial charge in [-0.1, -0.05) is 11.6 Å². The number of pyridine rings is 1. The van der Waals surface area contributed by atoms with Crippen molar-refractivity contribution in [2.45, 2.75) is 19.6 Å². The van der Waals surface area contributed by atoms with Gasteiger partial charge in [-0.05, 0) is 19.1 Å². The monoisotopic (exact) mass is 383 g/mol. The summed E-state index contributed by atoms with van der Waals surface area (Å²) in [7, 11) is 0. The van der Waals surface area contributed by atoms with Gasteiger partial charge in [-0.3, -0.25) is 0 Å². The van der Waals surface area contributed by atoms with Crippen molar-refractivity contribution in [3.8, 4) is 11.4 Å². The molecule has 10 heteroatoms. The van der Waals surface area contributed by atoms with Crippen molar-refractivity contribution < 1.29 is 18.3 Å². The molecular formula is C16H13ClF3N5O. The van der Waals surface area contributed by atoms with Gasteiger partial charge in [0.1, 0.15) is 5.15 Å². The molecule has 1 atom stereocenters. The number of hydrogen-bond acceptors (Lipinski definition) is 5. The van der Waals surface area contributed by atoms with E-state index in [-0.39, 0.29) is 23.3 Å². The Bertz CT molecular complexity index is 924. The first-order chi connectivity index (χ1) is 12.3. The Hall–Kier alpha value is -2.65. The first-order valence-electron chi connectivity index (χ1n) is 7.50. The van der Waals surface area contributed by atoms with Gasteiger partial charge in [0.05, 0.1) is 12.6 Å². The van der Waals surface area contributed by atoms with Crippen LogP contribution in [0.4, 0.5) is 24.8 Å². The zero-order valence-corrected chi connectivity index (χ0v) is 14.2. The minimum absolute atomic E-state index is 0.0130. The third kappa shape index (κ3) is 3.94. The van der Waals surface area contributed by atoms with Crippen molar-refractivity contribution in [1.29, 1.82) is 0 Å². The van der Waals surface area contributed by atoms with Gasteiger partial charge in [0.15, 0.2) is 23.3 Å². The lowest BCUT2D eigenvalue weighted by Crippen LogP contribution is -2.14. The number of benzene rings is 1. The first kappa shape index (κ1) is 18.2. The largest absolute Gasteiger partial charge is 0.391 e. The van der Waals surface area contributed by atoms with Crippen LogP contribution in [0.1, 0.15) is 6.92 Å². The summed E-state index contributed by atoms with van der Waals surface area (Å²) in [6.45, 7) is 1.69. The van der Waals surface area contributed by atoms with E-state index in [9.17, 15) is 18.3 Å². The van der Waals surface area contributed by atoms with Crippen LogP contribution < -0.4 is 5.32 Å². The summed E-state index contributed by atoms with van der Waals surface area (Å²) >= 11 is 5.89. The second-order valence-corrected chi connectivity index (χ2v) is 5.92. The van der Waals surface area contributed by atoms with Crippen LogP contribution in [0, 0.1) is 17.5 Å². The summed E-state index contributed by atoms with van der Waals surface area (Å²) in [5, 5.41) is 16.7. The highest BCUT2D eigenvalue weighted by molar-refractivity contribution is 6.29. The van der Waals surface area contributed by atoms with Crippen LogP contribution in [0.3, 0.4) is 0 Å². The fraction of sp³-hybridized carbons (Fsp3) is 0.188. The summed E-state index contributed by atoms with van der Waals surface area (Å²) in [6.07, 6.45) is 0.762. The Morgan fingerprint density at radius 1 is 1.23 bits per heavy atom. The van der Waals surface area contributed by atoms with E-state index in [0.29, 0.717) is 11.4 Å². The molecule has 26 heavy (non-hydrogen) atoms. The minimum atomic E-state index is -1.56. The summed E-state index contributed by atoms with van der Waals surface area (Å²) < 4.78 is 41.2. The maximum atomic E-state index is 13.4. The van der Waals surface area contributed by atoms with E-state index >= 15 is 0 Å². The average Bonchev–Trinajstić information content (AvgIpc) is 2.94. The van der Waals surface area contributed by atoms with Crippen molar-refractivity contribution >= 4 is 23.2 Å². The second kappa shape index (κ2) is 7.30. The quantitative estimate of drug-likeness (QED) is 0.520. The molecule has 0 aliphatic heterocycles. The molecule has 0 bridgehead atoms. The van der Waals surface area contributed by atoms with Gasteiger partial charge in [0, 0.05) is 29.6 Å². The van der Waals surface area contributed by atoms with Crippen LogP contribution in [0.5, 0.6) is 0 Å². The molecule has 6 nitrogen and oxygen atoms in total. The molecule has 2 aromatic heterocycles. The van der Waals surface area contributed by atoms with Gasteiger partial charge in [-0.25, -0.2) is 22.8 Å². The smallest absolute Gasteiger partial charge is 0.247 e. The number of rotatable bonds is 5. The Kier molecular flexibility index (Phi) is 5.10. The topological polar surface area (TPSA) is 75.9 Å². The summed E-state index contributed by atoms with van der Waals surface area (Å²) in [6, 6.07) is 4.79. The SMILES string of the molecule is C[C@H](O)Cn1nc(Nc2cc(F)c(F)c(F)c2)nc1-c1ccnc(Cl)c1. The molecule has 1 aromatic carbocycles. The van der Waals surface area contributed by atoms with Gasteiger partial charge in [-0.15, -0.1) is 5.10 Å². The third-order valence-corrected chi connectivity index (χ3v) is 3.54. The lowest BCUT2D eigenvalue weighted by atomic mass is 10.2. The predicted octanol–water partition coefficient (Wildman–Crippen LogP) is 3.54. The van der Waals surface area contributed by atoms with Crippen LogP contribution in [-0.4, -0.2) is 31.0 Å². The number of hydrogen-bond donors (Lipinski definition) is 2. The lowest BCUT2D eigenvalue weighted by molar-refractivity contribution is 0.169. The van der Waals surface area contributed by atoms with Crippen LogP contribution >= 0.6 is 11.6 Å². The highest BCUT2D eigenvalue weighted by Gasteiger charge is 2.16. The van der Waals surface area contributed by atoms with Crippen molar-refractivity contribution in [3.05, 3.63) is 53.1 Å². The Morgan fingerprint density at radius 3 is 2.54 bits per heavy atom. The van der Waals surface area contributed by atoms with Gasteiger partial charge >= 0.3 is 0 Å². The third-order valence-electron chi connectivity index (χ3n) is 3.33. The molecule has 0 unspecified atom stereocenters. The number of halogens is 4. The number of anilines is 2. The number of aromatic nitrogens is 4. The Balaban J connectivity index is 1.98. The molecule has 0 spiro atoms. The summed E-state index contributed by atoms with van der Waals surface area (Å²) in [5.41, 5.74) is 0.526. The van der Waals surface area contributed by atoms with E-state index in [1.165, 1.54) is 10.9 Å². The van der Waals surface area contributed by atoms with E-state index in [1.807, 2.05) is 0 Å². The van der Waals surface area contributed by atoms with E-state index < -0.39 is 23.6 Å². The molecule has 3 aromatic rings. The molecular weight excluding hydrogens is 371 g/mol.